The summed E-state index contributed by atoms with van der Waals surface area (Å²) < 4.78 is 0. The summed E-state index contributed by atoms with van der Waals surface area (Å²) in [6.07, 6.45) is 3.37. The van der Waals surface area contributed by atoms with Crippen molar-refractivity contribution in [2.24, 2.45) is 5.92 Å². The van der Waals surface area contributed by atoms with Crippen LogP contribution in [-0.2, 0) is 9.59 Å². The van der Waals surface area contributed by atoms with Crippen LogP contribution in [0.1, 0.15) is 36.0 Å². The Morgan fingerprint density at radius 2 is 2.00 bits per heavy atom. The molecular weight excluding hydrogens is 282 g/mol. The lowest BCUT2D eigenvalue weighted by Crippen LogP contribution is -2.50. The second kappa shape index (κ2) is 6.17. The van der Waals surface area contributed by atoms with E-state index in [9.17, 15) is 14.4 Å². The maximum absolute atomic E-state index is 12.2. The van der Waals surface area contributed by atoms with Gasteiger partial charge in [-0.15, -0.1) is 0 Å². The quantitative estimate of drug-likeness (QED) is 0.776. The van der Waals surface area contributed by atoms with Crippen LogP contribution in [0.25, 0.3) is 0 Å². The zero-order valence-corrected chi connectivity index (χ0v) is 12.2. The lowest BCUT2D eigenvalue weighted by molar-refractivity contribution is -0.124. The number of carbonyl (C=O) groups is 3. The first-order valence-electron chi connectivity index (χ1n) is 7.63. The van der Waals surface area contributed by atoms with Crippen LogP contribution in [0.4, 0.5) is 5.69 Å². The van der Waals surface area contributed by atoms with E-state index in [0.29, 0.717) is 24.2 Å². The van der Waals surface area contributed by atoms with Crippen LogP contribution in [0, 0.1) is 5.92 Å². The van der Waals surface area contributed by atoms with Crippen LogP contribution < -0.4 is 16.0 Å². The lowest BCUT2D eigenvalue weighted by Gasteiger charge is -2.22. The van der Waals surface area contributed by atoms with E-state index in [-0.39, 0.29) is 23.6 Å². The fraction of sp³-hybridized carbons (Fsp3) is 0.438. The highest BCUT2D eigenvalue weighted by Gasteiger charge is 2.29. The van der Waals surface area contributed by atoms with Crippen molar-refractivity contribution < 1.29 is 14.4 Å². The summed E-state index contributed by atoms with van der Waals surface area (Å²) in [5.74, 6) is -0.324. The first-order valence-corrected chi connectivity index (χ1v) is 7.63. The van der Waals surface area contributed by atoms with Gasteiger partial charge in [-0.05, 0) is 43.9 Å². The molecule has 0 spiro atoms. The molecule has 3 amide bonds. The maximum atomic E-state index is 12.2. The Balaban J connectivity index is 1.64. The van der Waals surface area contributed by atoms with Crippen LogP contribution in [0.3, 0.4) is 0 Å². The molecule has 6 nitrogen and oxygen atoms in total. The normalized spacial score (nSPS) is 20.9. The van der Waals surface area contributed by atoms with Gasteiger partial charge in [0.25, 0.3) is 5.91 Å². The summed E-state index contributed by atoms with van der Waals surface area (Å²) in [4.78, 5) is 35.7. The van der Waals surface area contributed by atoms with Crippen LogP contribution >= 0.6 is 0 Å². The molecule has 3 rings (SSSR count). The van der Waals surface area contributed by atoms with E-state index < -0.39 is 6.04 Å². The molecule has 2 fully saturated rings. The molecule has 1 saturated heterocycles. The molecule has 3 N–H and O–H groups in total. The van der Waals surface area contributed by atoms with E-state index >= 15 is 0 Å². The van der Waals surface area contributed by atoms with E-state index in [0.717, 1.165) is 19.3 Å². The number of piperidine rings is 1. The average Bonchev–Trinajstić information content (AvgIpc) is 3.34. The second-order valence-corrected chi connectivity index (χ2v) is 5.80. The fourth-order valence-corrected chi connectivity index (χ4v) is 2.48. The molecule has 1 atom stereocenters. The van der Waals surface area contributed by atoms with Crippen LogP contribution in [0.15, 0.2) is 24.3 Å². The molecule has 1 aromatic carbocycles. The molecule has 1 unspecified atom stereocenters. The number of nitrogens with one attached hydrogen (secondary N) is 3. The minimum absolute atomic E-state index is 0.00390. The molecular formula is C16H19N3O3. The smallest absolute Gasteiger partial charge is 0.252 e. The average molecular weight is 301 g/mol. The molecule has 1 aliphatic carbocycles. The summed E-state index contributed by atoms with van der Waals surface area (Å²) in [6.45, 7) is 0.661. The van der Waals surface area contributed by atoms with E-state index in [1.165, 1.54) is 0 Å². The molecule has 0 bridgehead atoms. The van der Waals surface area contributed by atoms with Gasteiger partial charge in [-0.1, -0.05) is 6.07 Å². The summed E-state index contributed by atoms with van der Waals surface area (Å²) >= 11 is 0. The number of carbonyl (C=O) groups excluding carboxylic acids is 3. The lowest BCUT2D eigenvalue weighted by atomic mass is 10.1. The van der Waals surface area contributed by atoms with Gasteiger partial charge < -0.3 is 16.0 Å². The van der Waals surface area contributed by atoms with Gasteiger partial charge in [-0.2, -0.15) is 0 Å². The van der Waals surface area contributed by atoms with Crippen molar-refractivity contribution in [2.75, 3.05) is 11.9 Å². The molecule has 1 aliphatic heterocycles. The highest BCUT2D eigenvalue weighted by molar-refractivity contribution is 6.00. The molecule has 116 valence electrons. The Bertz CT molecular complexity index is 610. The van der Waals surface area contributed by atoms with Gasteiger partial charge in [0.05, 0.1) is 0 Å². The van der Waals surface area contributed by atoms with Gasteiger partial charge in [-0.3, -0.25) is 14.4 Å². The van der Waals surface area contributed by atoms with Crippen LogP contribution in [0.2, 0.25) is 0 Å². The van der Waals surface area contributed by atoms with E-state index in [1.807, 2.05) is 0 Å². The predicted molar refractivity (Wildman–Crippen MR) is 81.3 cm³/mol. The third kappa shape index (κ3) is 3.44. The Labute approximate surface area is 128 Å². The second-order valence-electron chi connectivity index (χ2n) is 5.80. The first-order chi connectivity index (χ1) is 10.6. The predicted octanol–water partition coefficient (Wildman–Crippen LogP) is 1.04. The highest BCUT2D eigenvalue weighted by Crippen LogP contribution is 2.30. The summed E-state index contributed by atoms with van der Waals surface area (Å²) in [6, 6.07) is 6.30. The van der Waals surface area contributed by atoms with Gasteiger partial charge in [0.1, 0.15) is 6.04 Å². The Morgan fingerprint density at radius 1 is 1.18 bits per heavy atom. The standard InChI is InChI=1S/C16H19N3O3/c20-14(10-6-7-10)18-12-4-1-3-11(9-12)15(21)19-13-5-2-8-17-16(13)22/h1,3-4,9-10,13H,2,5-8H2,(H,17,22)(H,18,20)(H,19,21). The van der Waals surface area contributed by atoms with Crippen molar-refractivity contribution in [1.82, 2.24) is 10.6 Å². The third-order valence-corrected chi connectivity index (χ3v) is 3.93. The number of benzene rings is 1. The first kappa shape index (κ1) is 14.6. The number of rotatable bonds is 4. The van der Waals surface area contributed by atoms with Crippen molar-refractivity contribution in [3.05, 3.63) is 29.8 Å². The Hall–Kier alpha value is -2.37. The zero-order chi connectivity index (χ0) is 15.5. The van der Waals surface area contributed by atoms with Gasteiger partial charge in [0.2, 0.25) is 11.8 Å². The fourth-order valence-electron chi connectivity index (χ4n) is 2.48. The van der Waals surface area contributed by atoms with Crippen LogP contribution in [-0.4, -0.2) is 30.3 Å². The largest absolute Gasteiger partial charge is 0.354 e. The van der Waals surface area contributed by atoms with Crippen molar-refractivity contribution in [3.63, 3.8) is 0 Å². The van der Waals surface area contributed by atoms with Crippen molar-refractivity contribution in [3.8, 4) is 0 Å². The minimum Gasteiger partial charge on any atom is -0.354 e. The van der Waals surface area contributed by atoms with Crippen molar-refractivity contribution in [2.45, 2.75) is 31.7 Å². The Morgan fingerprint density at radius 3 is 2.73 bits per heavy atom. The third-order valence-electron chi connectivity index (χ3n) is 3.93. The molecule has 2 aliphatic rings. The zero-order valence-electron chi connectivity index (χ0n) is 12.2. The number of hydrogen-bond donors (Lipinski definition) is 3. The van der Waals surface area contributed by atoms with Gasteiger partial charge in [0.15, 0.2) is 0 Å². The minimum atomic E-state index is -0.481. The Kier molecular flexibility index (Phi) is 4.09. The molecule has 6 heteroatoms. The monoisotopic (exact) mass is 301 g/mol. The summed E-state index contributed by atoms with van der Waals surface area (Å²) in [5, 5.41) is 8.29. The van der Waals surface area contributed by atoms with E-state index in [4.69, 9.17) is 0 Å². The SMILES string of the molecule is O=C(NC1CCCNC1=O)c1cccc(NC(=O)C2CC2)c1. The van der Waals surface area contributed by atoms with Crippen molar-refractivity contribution >= 4 is 23.4 Å². The van der Waals surface area contributed by atoms with E-state index in [1.54, 1.807) is 24.3 Å². The maximum Gasteiger partial charge on any atom is 0.252 e. The molecule has 0 radical (unpaired) electrons. The molecule has 1 heterocycles. The van der Waals surface area contributed by atoms with Crippen LogP contribution in [0.5, 0.6) is 0 Å². The number of hydrogen-bond acceptors (Lipinski definition) is 3. The molecule has 1 saturated carbocycles. The summed E-state index contributed by atoms with van der Waals surface area (Å²) in [5.41, 5.74) is 1.05. The molecule has 0 aromatic heterocycles. The molecule has 1 aromatic rings. The van der Waals surface area contributed by atoms with Gasteiger partial charge in [0, 0.05) is 23.7 Å². The van der Waals surface area contributed by atoms with Gasteiger partial charge in [-0.25, -0.2) is 0 Å². The highest BCUT2D eigenvalue weighted by atomic mass is 16.2. The topological polar surface area (TPSA) is 87.3 Å². The number of amides is 3. The van der Waals surface area contributed by atoms with E-state index in [2.05, 4.69) is 16.0 Å². The molecule has 22 heavy (non-hydrogen) atoms. The van der Waals surface area contributed by atoms with Crippen molar-refractivity contribution in [1.29, 1.82) is 0 Å². The number of anilines is 1. The van der Waals surface area contributed by atoms with Gasteiger partial charge >= 0.3 is 0 Å². The summed E-state index contributed by atoms with van der Waals surface area (Å²) in [7, 11) is 0.